The van der Waals surface area contributed by atoms with Gasteiger partial charge in [0.05, 0.1) is 35.3 Å². The maximum atomic E-state index is 13.0. The minimum absolute atomic E-state index is 0.182. The number of nitro groups is 1. The molecular weight excluding hydrogens is 510 g/mol. The zero-order valence-electron chi connectivity index (χ0n) is 18.1. The van der Waals surface area contributed by atoms with Crippen LogP contribution in [0.2, 0.25) is 0 Å². The highest BCUT2D eigenvalue weighted by Gasteiger charge is 2.18. The predicted molar refractivity (Wildman–Crippen MR) is 127 cm³/mol. The summed E-state index contributed by atoms with van der Waals surface area (Å²) in [5, 5.41) is 15.9. The molecule has 11 nitrogen and oxygen atoms in total. The first-order valence-electron chi connectivity index (χ1n) is 10.3. The number of aryl methyl sites for hydroxylation is 1. The molecule has 1 fully saturated rings. The van der Waals surface area contributed by atoms with E-state index in [0.717, 1.165) is 9.15 Å². The molecule has 0 atom stereocenters. The number of carbonyl (C=O) groups excluding carboxylic acids is 1. The number of hydrogen-bond donors (Lipinski definition) is 0. The van der Waals surface area contributed by atoms with Gasteiger partial charge < -0.3 is 14.4 Å². The Bertz CT molecular complexity index is 1350. The van der Waals surface area contributed by atoms with Crippen molar-refractivity contribution in [2.45, 2.75) is 6.92 Å². The average Bonchev–Trinajstić information content (AvgIpc) is 2.83. The van der Waals surface area contributed by atoms with Gasteiger partial charge in [-0.05, 0) is 31.2 Å². The molecule has 176 valence electrons. The van der Waals surface area contributed by atoms with Crippen molar-refractivity contribution in [3.63, 3.8) is 0 Å². The van der Waals surface area contributed by atoms with Crippen LogP contribution >= 0.6 is 15.9 Å². The summed E-state index contributed by atoms with van der Waals surface area (Å²) in [6, 6.07) is 9.10. The summed E-state index contributed by atoms with van der Waals surface area (Å²) in [6.45, 7) is 3.26. The van der Waals surface area contributed by atoms with E-state index < -0.39 is 10.5 Å². The van der Waals surface area contributed by atoms with Crippen molar-refractivity contribution in [1.82, 2.24) is 14.6 Å². The monoisotopic (exact) mass is 529 g/mol. The van der Waals surface area contributed by atoms with Crippen LogP contribution in [0.4, 0.5) is 5.69 Å². The molecule has 3 aromatic rings. The van der Waals surface area contributed by atoms with E-state index in [2.05, 4.69) is 26.0 Å². The molecule has 1 saturated heterocycles. The number of fused-ring (bicyclic) bond motifs is 1. The fraction of sp³-hybridized carbons (Fsp3) is 0.273. The lowest BCUT2D eigenvalue weighted by Gasteiger charge is -2.26. The van der Waals surface area contributed by atoms with E-state index in [4.69, 9.17) is 9.47 Å². The van der Waals surface area contributed by atoms with Gasteiger partial charge in [-0.25, -0.2) is 4.98 Å². The van der Waals surface area contributed by atoms with Crippen LogP contribution in [0.5, 0.6) is 5.75 Å². The fourth-order valence-corrected chi connectivity index (χ4v) is 3.80. The lowest BCUT2D eigenvalue weighted by atomic mass is 10.2. The first-order chi connectivity index (χ1) is 16.3. The predicted octanol–water partition coefficient (Wildman–Crippen LogP) is 2.50. The second kappa shape index (κ2) is 10.1. The summed E-state index contributed by atoms with van der Waals surface area (Å²) in [5.41, 5.74) is 0.191. The van der Waals surface area contributed by atoms with Crippen LogP contribution in [0, 0.1) is 17.0 Å². The molecule has 2 heterocycles. The number of carbonyl (C=O) groups is 1. The summed E-state index contributed by atoms with van der Waals surface area (Å²) >= 11 is 3.34. The van der Waals surface area contributed by atoms with Crippen molar-refractivity contribution in [3.05, 3.63) is 72.7 Å². The van der Waals surface area contributed by atoms with E-state index in [9.17, 15) is 19.7 Å². The lowest BCUT2D eigenvalue weighted by molar-refractivity contribution is -0.384. The second-order valence-electron chi connectivity index (χ2n) is 7.44. The largest absolute Gasteiger partial charge is 0.483 e. The van der Waals surface area contributed by atoms with E-state index in [0.29, 0.717) is 43.0 Å². The van der Waals surface area contributed by atoms with Gasteiger partial charge in [-0.15, -0.1) is 0 Å². The lowest BCUT2D eigenvalue weighted by Crippen LogP contribution is -2.43. The highest BCUT2D eigenvalue weighted by Crippen LogP contribution is 2.23. The van der Waals surface area contributed by atoms with Gasteiger partial charge in [-0.3, -0.25) is 19.7 Å². The van der Waals surface area contributed by atoms with Crippen LogP contribution in [0.15, 0.2) is 50.8 Å². The molecule has 0 radical (unpaired) electrons. The van der Waals surface area contributed by atoms with Crippen LogP contribution in [-0.2, 0) is 9.53 Å². The maximum Gasteiger partial charge on any atom is 0.282 e. The Labute approximate surface area is 201 Å². The Morgan fingerprint density at radius 2 is 2.06 bits per heavy atom. The first-order valence-corrected chi connectivity index (χ1v) is 11.1. The van der Waals surface area contributed by atoms with Crippen LogP contribution < -0.4 is 10.3 Å². The molecule has 4 rings (SSSR count). The highest BCUT2D eigenvalue weighted by molar-refractivity contribution is 9.10. The molecule has 34 heavy (non-hydrogen) atoms. The summed E-state index contributed by atoms with van der Waals surface area (Å²) in [6.07, 6.45) is 1.28. The van der Waals surface area contributed by atoms with E-state index >= 15 is 0 Å². The van der Waals surface area contributed by atoms with Gasteiger partial charge in [-0.1, -0.05) is 15.9 Å². The average molecular weight is 530 g/mol. The molecule has 2 aromatic carbocycles. The number of halogens is 1. The van der Waals surface area contributed by atoms with E-state index in [-0.39, 0.29) is 29.5 Å². The first kappa shape index (κ1) is 23.5. The molecule has 0 aliphatic carbocycles. The maximum absolute atomic E-state index is 13.0. The van der Waals surface area contributed by atoms with Crippen LogP contribution in [0.1, 0.15) is 11.4 Å². The van der Waals surface area contributed by atoms with Gasteiger partial charge >= 0.3 is 0 Å². The summed E-state index contributed by atoms with van der Waals surface area (Å²) in [5.74, 6) is 0.338. The third-order valence-electron chi connectivity index (χ3n) is 5.20. The molecule has 0 unspecified atom stereocenters. The van der Waals surface area contributed by atoms with Gasteiger partial charge in [0, 0.05) is 35.3 Å². The van der Waals surface area contributed by atoms with Gasteiger partial charge in [0.25, 0.3) is 17.2 Å². The van der Waals surface area contributed by atoms with Crippen LogP contribution in [0.3, 0.4) is 0 Å². The molecule has 0 bridgehead atoms. The zero-order valence-corrected chi connectivity index (χ0v) is 19.7. The molecule has 1 aromatic heterocycles. The van der Waals surface area contributed by atoms with Gasteiger partial charge in [0.15, 0.2) is 6.61 Å². The SMILES string of the molecule is Cc1nc2ccc(Br)cc2c(=O)n1N=Cc1cc([N+](=O)[O-])ccc1OCC(=O)N1CCOCC1. The standard InChI is InChI=1S/C22H20BrN5O6/c1-14-25-19-4-2-16(23)11-18(19)22(30)27(14)24-12-15-10-17(28(31)32)3-5-20(15)34-13-21(29)26-6-8-33-9-7-26/h2-5,10-12H,6-9,13H2,1H3. The van der Waals surface area contributed by atoms with Gasteiger partial charge in [-0.2, -0.15) is 9.78 Å². The van der Waals surface area contributed by atoms with Gasteiger partial charge in [0.2, 0.25) is 0 Å². The molecule has 0 spiro atoms. The molecule has 1 aliphatic heterocycles. The molecule has 1 aliphatic rings. The fourth-order valence-electron chi connectivity index (χ4n) is 3.44. The van der Waals surface area contributed by atoms with E-state index in [1.807, 2.05) is 0 Å². The number of nitro benzene ring substituents is 1. The van der Waals surface area contributed by atoms with Crippen molar-refractivity contribution in [1.29, 1.82) is 0 Å². The molecule has 1 amide bonds. The molecule has 0 saturated carbocycles. The van der Waals surface area contributed by atoms with Crippen molar-refractivity contribution < 1.29 is 19.2 Å². The van der Waals surface area contributed by atoms with Crippen molar-refractivity contribution in [3.8, 4) is 5.75 Å². The van der Waals surface area contributed by atoms with Gasteiger partial charge in [0.1, 0.15) is 11.6 Å². The van der Waals surface area contributed by atoms with Crippen LogP contribution in [-0.4, -0.2) is 64.5 Å². The van der Waals surface area contributed by atoms with Crippen molar-refractivity contribution in [2.24, 2.45) is 5.10 Å². The number of amides is 1. The summed E-state index contributed by atoms with van der Waals surface area (Å²) in [4.78, 5) is 42.1. The highest BCUT2D eigenvalue weighted by atomic mass is 79.9. The zero-order chi connectivity index (χ0) is 24.2. The number of aromatic nitrogens is 2. The Kier molecular flexibility index (Phi) is 6.98. The Balaban J connectivity index is 1.65. The van der Waals surface area contributed by atoms with Crippen molar-refractivity contribution >= 4 is 44.6 Å². The molecule has 12 heteroatoms. The number of nitrogens with zero attached hydrogens (tertiary/aromatic N) is 5. The number of non-ortho nitro benzene ring substituents is 1. The third-order valence-corrected chi connectivity index (χ3v) is 5.69. The third kappa shape index (κ3) is 5.13. The summed E-state index contributed by atoms with van der Waals surface area (Å²) in [7, 11) is 0. The Hall–Kier alpha value is -3.64. The normalized spacial score (nSPS) is 14.0. The van der Waals surface area contributed by atoms with E-state index in [1.165, 1.54) is 24.4 Å². The Morgan fingerprint density at radius 3 is 2.79 bits per heavy atom. The minimum Gasteiger partial charge on any atom is -0.483 e. The molecule has 0 N–H and O–H groups in total. The minimum atomic E-state index is -0.549. The molecular formula is C22H20BrN5O6. The van der Waals surface area contributed by atoms with E-state index in [1.54, 1.807) is 30.0 Å². The quantitative estimate of drug-likeness (QED) is 0.272. The van der Waals surface area contributed by atoms with Crippen LogP contribution in [0.25, 0.3) is 10.9 Å². The number of hydrogen-bond acceptors (Lipinski definition) is 8. The second-order valence-corrected chi connectivity index (χ2v) is 8.36. The number of morpholine rings is 1. The van der Waals surface area contributed by atoms with Crippen molar-refractivity contribution in [2.75, 3.05) is 32.9 Å². The topological polar surface area (TPSA) is 129 Å². The number of rotatable bonds is 6. The number of benzene rings is 2. The number of ether oxygens (including phenoxy) is 2. The Morgan fingerprint density at radius 1 is 1.29 bits per heavy atom. The smallest absolute Gasteiger partial charge is 0.282 e. The summed E-state index contributed by atoms with van der Waals surface area (Å²) < 4.78 is 12.7.